The molecular weight excluding hydrogens is 266 g/mol. The van der Waals surface area contributed by atoms with Crippen LogP contribution in [0.3, 0.4) is 0 Å². The van der Waals surface area contributed by atoms with Crippen molar-refractivity contribution in [3.63, 3.8) is 0 Å². The molecule has 0 saturated carbocycles. The fourth-order valence-corrected chi connectivity index (χ4v) is 2.04. The van der Waals surface area contributed by atoms with Crippen LogP contribution in [0.4, 0.5) is 5.82 Å². The largest absolute Gasteiger partial charge is 0.305 e. The lowest BCUT2D eigenvalue weighted by Crippen LogP contribution is -2.15. The number of nitrogens with zero attached hydrogens (tertiary/aromatic N) is 2. The second-order valence-electron chi connectivity index (χ2n) is 4.45. The van der Waals surface area contributed by atoms with Gasteiger partial charge in [0.05, 0.1) is 11.1 Å². The van der Waals surface area contributed by atoms with Crippen molar-refractivity contribution in [2.75, 3.05) is 5.32 Å². The van der Waals surface area contributed by atoms with E-state index in [1.54, 1.807) is 30.3 Å². The van der Waals surface area contributed by atoms with Crippen LogP contribution in [-0.4, -0.2) is 22.4 Å². The Hall–Kier alpha value is -3.08. The second kappa shape index (κ2) is 5.50. The third-order valence-corrected chi connectivity index (χ3v) is 3.07. The van der Waals surface area contributed by atoms with Gasteiger partial charge in [0.15, 0.2) is 12.1 Å². The zero-order valence-electron chi connectivity index (χ0n) is 11.0. The first-order chi connectivity index (χ1) is 10.3. The number of hydrogen-bond acceptors (Lipinski definition) is 4. The molecule has 102 valence electrons. The molecule has 0 unspecified atom stereocenters. The number of carbonyl (C=O) groups is 2. The van der Waals surface area contributed by atoms with Gasteiger partial charge in [-0.2, -0.15) is 0 Å². The minimum Gasteiger partial charge on any atom is -0.305 e. The second-order valence-corrected chi connectivity index (χ2v) is 4.45. The van der Waals surface area contributed by atoms with Gasteiger partial charge in [0.25, 0.3) is 5.91 Å². The highest BCUT2D eigenvalue weighted by Crippen LogP contribution is 2.15. The molecule has 0 fully saturated rings. The lowest BCUT2D eigenvalue weighted by molar-refractivity contribution is 0.101. The van der Waals surface area contributed by atoms with Crippen LogP contribution in [0.5, 0.6) is 0 Å². The minimum absolute atomic E-state index is 0.308. The molecule has 5 nitrogen and oxygen atoms in total. The molecule has 0 saturated heterocycles. The quantitative estimate of drug-likeness (QED) is 0.747. The smallest absolute Gasteiger partial charge is 0.257 e. The number of hydrogen-bond donors (Lipinski definition) is 1. The van der Waals surface area contributed by atoms with Crippen LogP contribution in [0, 0.1) is 0 Å². The van der Waals surface area contributed by atoms with E-state index in [1.807, 2.05) is 24.3 Å². The molecule has 21 heavy (non-hydrogen) atoms. The van der Waals surface area contributed by atoms with Crippen LogP contribution in [-0.2, 0) is 0 Å². The summed E-state index contributed by atoms with van der Waals surface area (Å²) < 4.78 is 0. The number of aromatic nitrogens is 2. The van der Waals surface area contributed by atoms with Gasteiger partial charge in [-0.3, -0.25) is 9.59 Å². The lowest BCUT2D eigenvalue weighted by Gasteiger charge is -2.06. The van der Waals surface area contributed by atoms with E-state index >= 15 is 0 Å². The van der Waals surface area contributed by atoms with Crippen LogP contribution in [0.2, 0.25) is 0 Å². The van der Waals surface area contributed by atoms with Crippen molar-refractivity contribution < 1.29 is 9.59 Å². The van der Waals surface area contributed by atoms with Crippen molar-refractivity contribution in [1.82, 2.24) is 10.2 Å². The van der Waals surface area contributed by atoms with E-state index in [4.69, 9.17) is 0 Å². The summed E-state index contributed by atoms with van der Waals surface area (Å²) in [4.78, 5) is 23.1. The predicted molar refractivity (Wildman–Crippen MR) is 79.3 cm³/mol. The Balaban J connectivity index is 1.91. The summed E-state index contributed by atoms with van der Waals surface area (Å²) in [5, 5.41) is 11.5. The average Bonchev–Trinajstić information content (AvgIpc) is 2.54. The number of carbonyl (C=O) groups excluding carboxylic acids is 2. The fraction of sp³-hybridized carbons (Fsp3) is 0. The summed E-state index contributed by atoms with van der Waals surface area (Å²) in [5.41, 5.74) is 1.40. The minimum atomic E-state index is -0.387. The van der Waals surface area contributed by atoms with Crippen molar-refractivity contribution in [3.8, 4) is 0 Å². The lowest BCUT2D eigenvalue weighted by atomic mass is 10.1. The van der Waals surface area contributed by atoms with Gasteiger partial charge in [0.2, 0.25) is 0 Å². The first-order valence-electron chi connectivity index (χ1n) is 6.36. The molecule has 2 aromatic carbocycles. The van der Waals surface area contributed by atoms with Gasteiger partial charge < -0.3 is 5.32 Å². The number of fused-ring (bicyclic) bond motifs is 1. The van der Waals surface area contributed by atoms with Crippen molar-refractivity contribution >= 4 is 28.9 Å². The highest BCUT2D eigenvalue weighted by atomic mass is 16.2. The molecule has 0 aliphatic rings. The van der Waals surface area contributed by atoms with Crippen molar-refractivity contribution in [2.45, 2.75) is 0 Å². The SMILES string of the molecule is O=Cc1ccccc1C(=O)Nc1cc2ccccc2nn1. The molecule has 3 rings (SSSR count). The number of aldehydes is 1. The monoisotopic (exact) mass is 277 g/mol. The van der Waals surface area contributed by atoms with E-state index in [9.17, 15) is 9.59 Å². The molecule has 5 heteroatoms. The summed E-state index contributed by atoms with van der Waals surface area (Å²) in [7, 11) is 0. The number of anilines is 1. The van der Waals surface area contributed by atoms with E-state index in [-0.39, 0.29) is 5.91 Å². The van der Waals surface area contributed by atoms with Crippen LogP contribution < -0.4 is 5.32 Å². The highest BCUT2D eigenvalue weighted by molar-refractivity contribution is 6.08. The molecule has 0 bridgehead atoms. The number of nitrogens with one attached hydrogen (secondary N) is 1. The Labute approximate surface area is 120 Å². The summed E-state index contributed by atoms with van der Waals surface area (Å²) in [6.07, 6.45) is 0.654. The molecule has 1 heterocycles. The van der Waals surface area contributed by atoms with Gasteiger partial charge >= 0.3 is 0 Å². The van der Waals surface area contributed by atoms with Gasteiger partial charge in [-0.15, -0.1) is 10.2 Å². The zero-order valence-corrected chi connectivity index (χ0v) is 11.0. The van der Waals surface area contributed by atoms with E-state index in [0.29, 0.717) is 23.2 Å². The van der Waals surface area contributed by atoms with Crippen LogP contribution >= 0.6 is 0 Å². The molecule has 0 radical (unpaired) electrons. The summed E-state index contributed by atoms with van der Waals surface area (Å²) >= 11 is 0. The Morgan fingerprint density at radius 1 is 1.00 bits per heavy atom. The molecule has 0 aliphatic heterocycles. The first-order valence-corrected chi connectivity index (χ1v) is 6.36. The molecule has 1 amide bonds. The topological polar surface area (TPSA) is 72.0 Å². The maximum Gasteiger partial charge on any atom is 0.257 e. The summed E-state index contributed by atoms with van der Waals surface area (Å²) in [5.74, 6) is -0.0401. The van der Waals surface area contributed by atoms with E-state index in [0.717, 1.165) is 10.9 Å². The number of benzene rings is 2. The van der Waals surface area contributed by atoms with E-state index in [1.165, 1.54) is 0 Å². The van der Waals surface area contributed by atoms with Crippen LogP contribution in [0.1, 0.15) is 20.7 Å². The zero-order chi connectivity index (χ0) is 14.7. The molecule has 1 N–H and O–H groups in total. The number of rotatable bonds is 3. The average molecular weight is 277 g/mol. The summed E-state index contributed by atoms with van der Waals surface area (Å²) in [6.45, 7) is 0. The summed E-state index contributed by atoms with van der Waals surface area (Å²) in [6, 6.07) is 15.8. The normalized spacial score (nSPS) is 10.3. The fourth-order valence-electron chi connectivity index (χ4n) is 2.04. The molecule has 1 aromatic heterocycles. The maximum absolute atomic E-state index is 12.2. The molecule has 3 aromatic rings. The molecule has 0 atom stereocenters. The maximum atomic E-state index is 12.2. The third-order valence-electron chi connectivity index (χ3n) is 3.07. The van der Waals surface area contributed by atoms with Gasteiger partial charge in [-0.05, 0) is 18.2 Å². The Bertz CT molecular complexity index is 830. The standard InChI is InChI=1S/C16H11N3O2/c20-10-12-6-1-3-7-13(12)16(21)17-15-9-11-5-2-4-8-14(11)18-19-15/h1-10H,(H,17,19,21). The van der Waals surface area contributed by atoms with Gasteiger partial charge in [0.1, 0.15) is 0 Å². The predicted octanol–water partition coefficient (Wildman–Crippen LogP) is 2.69. The molecular formula is C16H11N3O2. The third kappa shape index (κ3) is 2.62. The molecule has 0 spiro atoms. The highest BCUT2D eigenvalue weighted by Gasteiger charge is 2.11. The Morgan fingerprint density at radius 3 is 2.62 bits per heavy atom. The van der Waals surface area contributed by atoms with Gasteiger partial charge in [0, 0.05) is 10.9 Å². The first kappa shape index (κ1) is 12.9. The Morgan fingerprint density at radius 2 is 1.76 bits per heavy atom. The Kier molecular flexibility index (Phi) is 3.39. The van der Waals surface area contributed by atoms with E-state index in [2.05, 4.69) is 15.5 Å². The number of amides is 1. The van der Waals surface area contributed by atoms with Gasteiger partial charge in [-0.1, -0.05) is 36.4 Å². The van der Waals surface area contributed by atoms with Crippen molar-refractivity contribution in [1.29, 1.82) is 0 Å². The molecule has 0 aliphatic carbocycles. The van der Waals surface area contributed by atoms with Gasteiger partial charge in [-0.25, -0.2) is 0 Å². The van der Waals surface area contributed by atoms with Crippen molar-refractivity contribution in [2.24, 2.45) is 0 Å². The van der Waals surface area contributed by atoms with Crippen molar-refractivity contribution in [3.05, 3.63) is 65.7 Å². The van der Waals surface area contributed by atoms with Crippen LogP contribution in [0.15, 0.2) is 54.6 Å². The van der Waals surface area contributed by atoms with E-state index < -0.39 is 0 Å². The van der Waals surface area contributed by atoms with Crippen LogP contribution in [0.25, 0.3) is 10.9 Å².